The van der Waals surface area contributed by atoms with E-state index in [1.54, 1.807) is 0 Å². The van der Waals surface area contributed by atoms with Crippen LogP contribution in [0, 0.1) is 52.3 Å². The summed E-state index contributed by atoms with van der Waals surface area (Å²) in [5.41, 5.74) is 2.99. The van der Waals surface area contributed by atoms with Crippen LogP contribution < -0.4 is 0 Å². The Kier molecular flexibility index (Phi) is 12.0. The largest absolute Gasteiger partial charge is 0.509 e. The summed E-state index contributed by atoms with van der Waals surface area (Å²) in [7, 11) is 0. The van der Waals surface area contributed by atoms with E-state index in [0.717, 1.165) is 59.5 Å². The summed E-state index contributed by atoms with van der Waals surface area (Å²) in [6, 6.07) is 20.2. The average molecular weight is 757 g/mol. The lowest BCUT2D eigenvalue weighted by Crippen LogP contribution is -2.60. The molecule has 55 heavy (non-hydrogen) atoms. The van der Waals surface area contributed by atoms with Gasteiger partial charge in [0.1, 0.15) is 12.2 Å². The number of carbonyl (C=O) groups is 1. The number of hydrogen-bond acceptors (Lipinski definition) is 7. The Morgan fingerprint density at radius 1 is 0.764 bits per heavy atom. The Hall–Kier alpha value is -2.45. The second kappa shape index (κ2) is 16.8. The highest BCUT2D eigenvalue weighted by molar-refractivity contribution is 5.63. The summed E-state index contributed by atoms with van der Waals surface area (Å²) in [6.45, 7) is 13.8. The molecule has 0 aromatic heterocycles. The average Bonchev–Trinajstić information content (AvgIpc) is 3.75. The Balaban J connectivity index is 0.921. The van der Waals surface area contributed by atoms with Crippen molar-refractivity contribution in [2.45, 2.75) is 162 Å². The van der Waals surface area contributed by atoms with Crippen LogP contribution in [0.3, 0.4) is 0 Å². The number of ether oxygens (including phenoxy) is 6. The van der Waals surface area contributed by atoms with Gasteiger partial charge in [0.2, 0.25) is 0 Å². The van der Waals surface area contributed by atoms with E-state index in [-0.39, 0.29) is 12.7 Å². The zero-order valence-electron chi connectivity index (χ0n) is 34.2. The molecule has 4 saturated carbocycles. The number of fused-ring (bicyclic) bond motifs is 6. The van der Waals surface area contributed by atoms with Gasteiger partial charge in [-0.05, 0) is 121 Å². The maximum absolute atomic E-state index is 12.7. The molecule has 0 unspecified atom stereocenters. The molecule has 0 bridgehead atoms. The van der Waals surface area contributed by atoms with Gasteiger partial charge in [0.25, 0.3) is 0 Å². The molecule has 7 heteroatoms. The van der Waals surface area contributed by atoms with E-state index in [0.29, 0.717) is 30.0 Å². The van der Waals surface area contributed by atoms with E-state index in [4.69, 9.17) is 28.4 Å². The lowest BCUT2D eigenvalue weighted by molar-refractivity contribution is -0.305. The van der Waals surface area contributed by atoms with Crippen molar-refractivity contribution >= 4 is 6.16 Å². The molecule has 2 heterocycles. The van der Waals surface area contributed by atoms with Gasteiger partial charge in [0, 0.05) is 0 Å². The molecule has 0 radical (unpaired) electrons. The lowest BCUT2D eigenvalue weighted by Gasteiger charge is -2.61. The van der Waals surface area contributed by atoms with Crippen LogP contribution in [0.15, 0.2) is 60.7 Å². The van der Waals surface area contributed by atoms with Gasteiger partial charge in [-0.1, -0.05) is 115 Å². The molecule has 2 aromatic rings. The van der Waals surface area contributed by atoms with E-state index in [2.05, 4.69) is 46.8 Å². The van der Waals surface area contributed by atoms with Crippen LogP contribution in [-0.2, 0) is 41.6 Å². The zero-order valence-corrected chi connectivity index (χ0v) is 34.2. The van der Waals surface area contributed by atoms with Crippen molar-refractivity contribution in [1.29, 1.82) is 0 Å². The molecule has 4 aliphatic carbocycles. The van der Waals surface area contributed by atoms with Crippen molar-refractivity contribution in [3.63, 3.8) is 0 Å². The van der Waals surface area contributed by atoms with Crippen LogP contribution in [0.5, 0.6) is 0 Å². The van der Waals surface area contributed by atoms with Crippen LogP contribution in [0.1, 0.15) is 123 Å². The first-order chi connectivity index (χ1) is 26.6. The molecular weight excluding hydrogens is 689 g/mol. The quantitative estimate of drug-likeness (QED) is 0.140. The minimum absolute atomic E-state index is 0.0451. The van der Waals surface area contributed by atoms with Crippen molar-refractivity contribution in [2.24, 2.45) is 52.3 Å². The van der Waals surface area contributed by atoms with Gasteiger partial charge in [0.05, 0.1) is 25.9 Å². The molecule has 2 aliphatic heterocycles. The van der Waals surface area contributed by atoms with Crippen LogP contribution in [0.25, 0.3) is 0 Å². The summed E-state index contributed by atoms with van der Waals surface area (Å²) in [4.78, 5) is 12.7. The lowest BCUT2D eigenvalue weighted by atomic mass is 9.44. The molecule has 8 rings (SSSR count). The third-order valence-corrected chi connectivity index (χ3v) is 15.9. The molecule has 302 valence electrons. The first-order valence-electron chi connectivity index (χ1n) is 22.1. The van der Waals surface area contributed by atoms with Gasteiger partial charge < -0.3 is 28.4 Å². The molecule has 6 aliphatic rings. The SMILES string of the molecule is CC(C)CCC[C@@H](C)[C@H]1CC[C@H]2[C@@H]3CC[C@H]4C[C@@H](O[C@@H]5O[C@H](COCc6ccccc6)[C@@H](OCc6ccccc6)[C@@H]6OC(=O)O[C@@H]56)CC[C@]4(C)[C@H]3CC[C@]12C. The first-order valence-corrected chi connectivity index (χ1v) is 22.1. The predicted molar refractivity (Wildman–Crippen MR) is 213 cm³/mol. The van der Waals surface area contributed by atoms with Crippen molar-refractivity contribution in [2.75, 3.05) is 6.61 Å². The molecule has 2 aromatic carbocycles. The highest BCUT2D eigenvalue weighted by Crippen LogP contribution is 2.68. The third kappa shape index (κ3) is 8.16. The van der Waals surface area contributed by atoms with Gasteiger partial charge >= 0.3 is 6.16 Å². The summed E-state index contributed by atoms with van der Waals surface area (Å²) in [5.74, 6) is 5.75. The zero-order chi connectivity index (χ0) is 38.2. The number of rotatable bonds is 14. The highest BCUT2D eigenvalue weighted by atomic mass is 16.8. The summed E-state index contributed by atoms with van der Waals surface area (Å²) in [6.07, 6.45) is 11.9. The maximum Gasteiger partial charge on any atom is 0.509 e. The van der Waals surface area contributed by atoms with Crippen molar-refractivity contribution < 1.29 is 33.2 Å². The van der Waals surface area contributed by atoms with Gasteiger partial charge in [-0.2, -0.15) is 0 Å². The predicted octanol–water partition coefficient (Wildman–Crippen LogP) is 10.9. The minimum atomic E-state index is -0.739. The Labute approximate surface area is 330 Å². The van der Waals surface area contributed by atoms with E-state index in [1.807, 2.05) is 48.5 Å². The molecule has 2 saturated heterocycles. The molecule has 7 nitrogen and oxygen atoms in total. The summed E-state index contributed by atoms with van der Waals surface area (Å²) >= 11 is 0. The molecule has 6 fully saturated rings. The van der Waals surface area contributed by atoms with Crippen LogP contribution in [0.4, 0.5) is 4.79 Å². The molecule has 0 N–H and O–H groups in total. The standard InChI is InChI=1S/C48H68O7/c1-31(2)13-12-14-32(3)38-21-22-39-37-20-19-35-27-36(23-25-47(35,4)40(37)24-26-48(38,39)5)52-45-44-43(54-46(49)55-44)42(51-29-34-17-10-7-11-18-34)41(53-45)30-50-28-33-15-8-6-9-16-33/h6-11,15-18,31-32,35-45H,12-14,19-30H2,1-5H3/t32-,35+,36+,37+,38-,39+,40+,41-,42-,43+,44-,45-,47+,48-/m1/s1. The van der Waals surface area contributed by atoms with E-state index in [1.165, 1.54) is 64.2 Å². The number of hydrogen-bond donors (Lipinski definition) is 0. The second-order valence-corrected chi connectivity index (χ2v) is 19.4. The normalized spacial score (nSPS) is 40.0. The monoisotopic (exact) mass is 756 g/mol. The van der Waals surface area contributed by atoms with Crippen LogP contribution >= 0.6 is 0 Å². The molecular formula is C48H68O7. The topological polar surface area (TPSA) is 72.5 Å². The maximum atomic E-state index is 12.7. The van der Waals surface area contributed by atoms with Crippen molar-refractivity contribution in [3.05, 3.63) is 71.8 Å². The summed E-state index contributed by atoms with van der Waals surface area (Å²) < 4.78 is 38.0. The first kappa shape index (κ1) is 39.4. The second-order valence-electron chi connectivity index (χ2n) is 19.4. The smallest absolute Gasteiger partial charge is 0.424 e. The van der Waals surface area contributed by atoms with Crippen molar-refractivity contribution in [1.82, 2.24) is 0 Å². The fourth-order valence-corrected chi connectivity index (χ4v) is 13.0. The van der Waals surface area contributed by atoms with Crippen molar-refractivity contribution in [3.8, 4) is 0 Å². The van der Waals surface area contributed by atoms with Gasteiger partial charge in [0.15, 0.2) is 18.5 Å². The Morgan fingerprint density at radius 3 is 2.20 bits per heavy atom. The molecule has 0 spiro atoms. The third-order valence-electron chi connectivity index (χ3n) is 15.9. The van der Waals surface area contributed by atoms with E-state index >= 15 is 0 Å². The van der Waals surface area contributed by atoms with E-state index in [9.17, 15) is 4.79 Å². The summed E-state index contributed by atoms with van der Waals surface area (Å²) in [5, 5.41) is 0. The number of carbonyl (C=O) groups excluding carboxylic acids is 1. The van der Waals surface area contributed by atoms with E-state index < -0.39 is 36.9 Å². The highest BCUT2D eigenvalue weighted by Gasteiger charge is 2.61. The molecule has 0 amide bonds. The number of benzene rings is 2. The fourth-order valence-electron chi connectivity index (χ4n) is 13.0. The fraction of sp³-hybridized carbons (Fsp3) is 0.729. The Morgan fingerprint density at radius 2 is 1.45 bits per heavy atom. The van der Waals surface area contributed by atoms with Crippen LogP contribution in [0.2, 0.25) is 0 Å². The van der Waals surface area contributed by atoms with Crippen LogP contribution in [-0.4, -0.2) is 49.6 Å². The van der Waals surface area contributed by atoms with Gasteiger partial charge in [-0.3, -0.25) is 0 Å². The minimum Gasteiger partial charge on any atom is -0.424 e. The van der Waals surface area contributed by atoms with Gasteiger partial charge in [-0.25, -0.2) is 4.79 Å². The molecule has 14 atom stereocenters. The van der Waals surface area contributed by atoms with Gasteiger partial charge in [-0.15, -0.1) is 0 Å². The Bertz CT molecular complexity index is 1550.